The molecule has 1 saturated heterocycles. The average molecular weight is 394 g/mol. The van der Waals surface area contributed by atoms with Crippen LogP contribution in [0, 0.1) is 0 Å². The summed E-state index contributed by atoms with van der Waals surface area (Å²) in [6.45, 7) is 11.4. The van der Waals surface area contributed by atoms with Crippen molar-refractivity contribution in [2.75, 3.05) is 13.1 Å². The summed E-state index contributed by atoms with van der Waals surface area (Å²) in [6.07, 6.45) is 0.224. The third kappa shape index (κ3) is 5.89. The highest BCUT2D eigenvalue weighted by Crippen LogP contribution is 2.38. The highest BCUT2D eigenvalue weighted by molar-refractivity contribution is 6.74. The Labute approximate surface area is 162 Å². The summed E-state index contributed by atoms with van der Waals surface area (Å²) in [7, 11) is -2.00. The van der Waals surface area contributed by atoms with Gasteiger partial charge in [-0.25, -0.2) is 0 Å². The molecule has 0 saturated carbocycles. The topological polar surface area (TPSA) is 76.1 Å². The molecule has 6 nitrogen and oxygen atoms in total. The number of hydrogen-bond donors (Lipinski definition) is 1. The molecule has 0 radical (unpaired) electrons. The Morgan fingerprint density at radius 1 is 1.22 bits per heavy atom. The SMILES string of the molecule is CC(C)(C)[Si](C)(C)OC1C[C@H](C(=O)O)N(CC(=O)OCc2ccccc2)C1. The number of nitrogens with zero attached hydrogens (tertiary/aromatic N) is 1. The van der Waals surface area contributed by atoms with E-state index in [0.29, 0.717) is 13.0 Å². The molecular formula is C20H31NO5Si. The Morgan fingerprint density at radius 2 is 1.85 bits per heavy atom. The van der Waals surface area contributed by atoms with E-state index in [1.165, 1.54) is 0 Å². The Bertz CT molecular complexity index is 656. The van der Waals surface area contributed by atoms with Gasteiger partial charge in [0.05, 0.1) is 12.6 Å². The lowest BCUT2D eigenvalue weighted by atomic mass is 10.2. The van der Waals surface area contributed by atoms with E-state index < -0.39 is 26.3 Å². The number of carboxylic acid groups (broad SMARTS) is 1. The smallest absolute Gasteiger partial charge is 0.321 e. The Morgan fingerprint density at radius 3 is 2.41 bits per heavy atom. The van der Waals surface area contributed by atoms with E-state index in [9.17, 15) is 14.7 Å². The number of carbonyl (C=O) groups is 2. The van der Waals surface area contributed by atoms with Gasteiger partial charge >= 0.3 is 11.9 Å². The van der Waals surface area contributed by atoms with Crippen LogP contribution in [0.25, 0.3) is 0 Å². The van der Waals surface area contributed by atoms with Crippen molar-refractivity contribution < 1.29 is 23.9 Å². The normalized spacial score (nSPS) is 21.2. The molecule has 2 rings (SSSR count). The van der Waals surface area contributed by atoms with Crippen molar-refractivity contribution in [2.45, 2.75) is 64.1 Å². The molecule has 1 unspecified atom stereocenters. The summed E-state index contributed by atoms with van der Waals surface area (Å²) in [4.78, 5) is 25.5. The van der Waals surface area contributed by atoms with Crippen molar-refractivity contribution >= 4 is 20.3 Å². The summed E-state index contributed by atoms with van der Waals surface area (Å²) in [6, 6.07) is 8.71. The second kappa shape index (κ2) is 8.54. The molecule has 0 aliphatic carbocycles. The number of esters is 1. The zero-order valence-corrected chi connectivity index (χ0v) is 17.9. The Hall–Kier alpha value is -1.70. The van der Waals surface area contributed by atoms with Gasteiger partial charge in [0.15, 0.2) is 8.32 Å². The fraction of sp³-hybridized carbons (Fsp3) is 0.600. The molecule has 27 heavy (non-hydrogen) atoms. The first-order valence-electron chi connectivity index (χ1n) is 9.34. The van der Waals surface area contributed by atoms with Crippen molar-refractivity contribution in [1.29, 1.82) is 0 Å². The fourth-order valence-corrected chi connectivity index (χ4v) is 4.28. The molecule has 1 aliphatic heterocycles. The summed E-state index contributed by atoms with van der Waals surface area (Å²) >= 11 is 0. The molecule has 0 spiro atoms. The maximum absolute atomic E-state index is 12.2. The van der Waals surface area contributed by atoms with Gasteiger partial charge in [-0.15, -0.1) is 0 Å². The molecule has 1 fully saturated rings. The van der Waals surface area contributed by atoms with E-state index in [1.807, 2.05) is 30.3 Å². The number of aliphatic carboxylic acids is 1. The third-order valence-corrected chi connectivity index (χ3v) is 10.0. The van der Waals surface area contributed by atoms with Crippen molar-refractivity contribution in [3.63, 3.8) is 0 Å². The Kier molecular flexibility index (Phi) is 6.83. The van der Waals surface area contributed by atoms with Crippen molar-refractivity contribution in [3.8, 4) is 0 Å². The number of likely N-dealkylation sites (tertiary alicyclic amines) is 1. The van der Waals surface area contributed by atoms with Crippen LogP contribution < -0.4 is 0 Å². The third-order valence-electron chi connectivity index (χ3n) is 5.49. The first-order valence-corrected chi connectivity index (χ1v) is 12.2. The molecule has 1 aromatic rings. The first-order chi connectivity index (χ1) is 12.5. The zero-order valence-electron chi connectivity index (χ0n) is 16.9. The monoisotopic (exact) mass is 393 g/mol. The molecule has 0 aromatic heterocycles. The van der Waals surface area contributed by atoms with Crippen LogP contribution in [0.4, 0.5) is 0 Å². The number of benzene rings is 1. The van der Waals surface area contributed by atoms with Crippen LogP contribution in [0.15, 0.2) is 30.3 Å². The van der Waals surface area contributed by atoms with Crippen LogP contribution in [0.5, 0.6) is 0 Å². The van der Waals surface area contributed by atoms with Crippen LogP contribution in [0.3, 0.4) is 0 Å². The quantitative estimate of drug-likeness (QED) is 0.566. The van der Waals surface area contributed by atoms with E-state index in [-0.39, 0.29) is 24.3 Å². The lowest BCUT2D eigenvalue weighted by Crippen LogP contribution is -2.44. The molecule has 7 heteroatoms. The predicted octanol–water partition coefficient (Wildman–Crippen LogP) is 3.28. The fourth-order valence-electron chi connectivity index (χ4n) is 2.92. The van der Waals surface area contributed by atoms with Gasteiger partial charge in [0.2, 0.25) is 0 Å². The van der Waals surface area contributed by atoms with Crippen LogP contribution in [0.1, 0.15) is 32.8 Å². The first kappa shape index (κ1) is 21.6. The van der Waals surface area contributed by atoms with Crippen LogP contribution in [-0.4, -0.2) is 55.5 Å². The van der Waals surface area contributed by atoms with Gasteiger partial charge < -0.3 is 14.3 Å². The molecule has 1 N–H and O–H groups in total. The summed E-state index contributed by atoms with van der Waals surface area (Å²) in [5, 5.41) is 9.59. The van der Waals surface area contributed by atoms with Gasteiger partial charge in [-0.3, -0.25) is 14.5 Å². The van der Waals surface area contributed by atoms with Gasteiger partial charge in [-0.2, -0.15) is 0 Å². The number of ether oxygens (including phenoxy) is 1. The van der Waals surface area contributed by atoms with E-state index in [4.69, 9.17) is 9.16 Å². The average Bonchev–Trinajstić information content (AvgIpc) is 2.94. The van der Waals surface area contributed by atoms with Crippen LogP contribution >= 0.6 is 0 Å². The minimum absolute atomic E-state index is 0.0405. The van der Waals surface area contributed by atoms with E-state index in [1.54, 1.807) is 4.90 Å². The van der Waals surface area contributed by atoms with E-state index in [0.717, 1.165) is 5.56 Å². The largest absolute Gasteiger partial charge is 0.480 e. The molecule has 1 aromatic carbocycles. The predicted molar refractivity (Wildman–Crippen MR) is 106 cm³/mol. The molecule has 0 amide bonds. The van der Waals surface area contributed by atoms with Crippen molar-refractivity contribution in [1.82, 2.24) is 4.90 Å². The Balaban J connectivity index is 1.94. The zero-order chi connectivity index (χ0) is 20.2. The molecule has 1 heterocycles. The highest BCUT2D eigenvalue weighted by Gasteiger charge is 2.44. The highest BCUT2D eigenvalue weighted by atomic mass is 28.4. The number of carbonyl (C=O) groups excluding carboxylic acids is 1. The van der Waals surface area contributed by atoms with Gasteiger partial charge in [-0.05, 0) is 30.1 Å². The van der Waals surface area contributed by atoms with Gasteiger partial charge in [0.25, 0.3) is 0 Å². The maximum atomic E-state index is 12.2. The van der Waals surface area contributed by atoms with Gasteiger partial charge in [0.1, 0.15) is 12.6 Å². The standard InChI is InChI=1S/C20H31NO5Si/c1-20(2,3)27(4,5)26-16-11-17(19(23)24)21(12-16)13-18(22)25-14-15-9-7-6-8-10-15/h6-10,16-17H,11-14H2,1-5H3,(H,23,24)/t16?,17-/m1/s1. The lowest BCUT2D eigenvalue weighted by Gasteiger charge is -2.38. The number of rotatable bonds is 7. The van der Waals surface area contributed by atoms with E-state index >= 15 is 0 Å². The van der Waals surface area contributed by atoms with E-state index in [2.05, 4.69) is 33.9 Å². The minimum Gasteiger partial charge on any atom is -0.480 e. The van der Waals surface area contributed by atoms with Crippen LogP contribution in [-0.2, 0) is 25.4 Å². The number of carboxylic acids is 1. The van der Waals surface area contributed by atoms with Gasteiger partial charge in [0, 0.05) is 6.54 Å². The lowest BCUT2D eigenvalue weighted by molar-refractivity contribution is -0.149. The second-order valence-corrected chi connectivity index (χ2v) is 13.4. The molecule has 1 aliphatic rings. The van der Waals surface area contributed by atoms with Crippen molar-refractivity contribution in [2.24, 2.45) is 0 Å². The maximum Gasteiger partial charge on any atom is 0.321 e. The molecule has 0 bridgehead atoms. The van der Waals surface area contributed by atoms with Gasteiger partial charge in [-0.1, -0.05) is 51.1 Å². The second-order valence-electron chi connectivity index (χ2n) is 8.67. The molecular weight excluding hydrogens is 362 g/mol. The van der Waals surface area contributed by atoms with Crippen molar-refractivity contribution in [3.05, 3.63) is 35.9 Å². The summed E-state index contributed by atoms with van der Waals surface area (Å²) in [5.74, 6) is -1.34. The summed E-state index contributed by atoms with van der Waals surface area (Å²) < 4.78 is 11.7. The molecule has 150 valence electrons. The summed E-state index contributed by atoms with van der Waals surface area (Å²) in [5.41, 5.74) is 0.904. The minimum atomic E-state index is -2.00. The molecule has 2 atom stereocenters. The van der Waals surface area contributed by atoms with Crippen LogP contribution in [0.2, 0.25) is 18.1 Å². The number of hydrogen-bond acceptors (Lipinski definition) is 5.